The molecule has 1 aromatic carbocycles. The Labute approximate surface area is 135 Å². The van der Waals surface area contributed by atoms with Gasteiger partial charge < -0.3 is 9.80 Å². The van der Waals surface area contributed by atoms with E-state index in [0.717, 1.165) is 18.5 Å². The summed E-state index contributed by atoms with van der Waals surface area (Å²) in [6, 6.07) is 9.73. The zero-order chi connectivity index (χ0) is 16.1. The van der Waals surface area contributed by atoms with Crippen molar-refractivity contribution in [3.63, 3.8) is 0 Å². The second-order valence-electron chi connectivity index (χ2n) is 7.28. The second kappa shape index (κ2) is 5.18. The Morgan fingerprint density at radius 1 is 1.04 bits per heavy atom. The van der Waals surface area contributed by atoms with Crippen LogP contribution in [0, 0.1) is 11.3 Å². The molecule has 5 heteroatoms. The van der Waals surface area contributed by atoms with Crippen LogP contribution in [0.3, 0.4) is 0 Å². The molecule has 1 aromatic rings. The molecular formula is C18H22F2N2O. The van der Waals surface area contributed by atoms with Crippen LogP contribution >= 0.6 is 0 Å². The molecule has 0 bridgehead atoms. The lowest BCUT2D eigenvalue weighted by Crippen LogP contribution is -2.58. The molecule has 1 saturated carbocycles. The van der Waals surface area contributed by atoms with Gasteiger partial charge in [-0.3, -0.25) is 4.79 Å². The Balaban J connectivity index is 1.56. The van der Waals surface area contributed by atoms with Gasteiger partial charge in [0.2, 0.25) is 5.91 Å². The van der Waals surface area contributed by atoms with Crippen molar-refractivity contribution in [2.45, 2.75) is 31.6 Å². The predicted octanol–water partition coefficient (Wildman–Crippen LogP) is 3.16. The first-order chi connectivity index (χ1) is 11.0. The monoisotopic (exact) mass is 320 g/mol. The van der Waals surface area contributed by atoms with E-state index in [1.54, 1.807) is 4.90 Å². The lowest BCUT2D eigenvalue weighted by molar-refractivity contribution is -0.169. The van der Waals surface area contributed by atoms with Gasteiger partial charge in [0.25, 0.3) is 5.92 Å². The molecular weight excluding hydrogens is 298 g/mol. The Morgan fingerprint density at radius 2 is 1.78 bits per heavy atom. The summed E-state index contributed by atoms with van der Waals surface area (Å²) >= 11 is 0. The van der Waals surface area contributed by atoms with Gasteiger partial charge in [0.05, 0.1) is 5.41 Å². The largest absolute Gasteiger partial charge is 0.371 e. The number of benzene rings is 1. The van der Waals surface area contributed by atoms with Crippen LogP contribution in [-0.4, -0.2) is 42.9 Å². The normalized spacial score (nSPS) is 30.0. The lowest BCUT2D eigenvalue weighted by Gasteiger charge is -2.46. The van der Waals surface area contributed by atoms with Gasteiger partial charge in [0.1, 0.15) is 0 Å². The molecule has 0 unspecified atom stereocenters. The van der Waals surface area contributed by atoms with Crippen LogP contribution in [0.1, 0.15) is 25.7 Å². The van der Waals surface area contributed by atoms with Crippen molar-refractivity contribution >= 4 is 11.6 Å². The third-order valence-corrected chi connectivity index (χ3v) is 5.68. The van der Waals surface area contributed by atoms with Gasteiger partial charge >= 0.3 is 0 Å². The first-order valence-electron chi connectivity index (χ1n) is 8.47. The number of amides is 1. The highest BCUT2D eigenvalue weighted by molar-refractivity contribution is 5.81. The average Bonchev–Trinajstić information content (AvgIpc) is 3.31. The number of hydrogen-bond donors (Lipinski definition) is 0. The molecule has 0 N–H and O–H groups in total. The summed E-state index contributed by atoms with van der Waals surface area (Å²) in [4.78, 5) is 16.1. The van der Waals surface area contributed by atoms with Crippen molar-refractivity contribution in [1.29, 1.82) is 0 Å². The maximum absolute atomic E-state index is 14.7. The fraction of sp³-hybridized carbons (Fsp3) is 0.611. The van der Waals surface area contributed by atoms with Crippen LogP contribution < -0.4 is 4.90 Å². The number of hydrogen-bond acceptors (Lipinski definition) is 2. The van der Waals surface area contributed by atoms with Gasteiger partial charge in [-0.1, -0.05) is 18.2 Å². The number of piperidine rings is 1. The van der Waals surface area contributed by atoms with Gasteiger partial charge in [-0.2, -0.15) is 0 Å². The smallest absolute Gasteiger partial charge is 0.258 e. The lowest BCUT2D eigenvalue weighted by atomic mass is 9.75. The van der Waals surface area contributed by atoms with Gasteiger partial charge in [-0.25, -0.2) is 8.78 Å². The molecule has 1 spiro atoms. The molecule has 3 nitrogen and oxygen atoms in total. The third kappa shape index (κ3) is 2.50. The highest BCUT2D eigenvalue weighted by Gasteiger charge is 2.60. The number of alkyl halides is 2. The number of carbonyl (C=O) groups excluding carboxylic acids is 1. The van der Waals surface area contributed by atoms with Crippen LogP contribution in [0.5, 0.6) is 0 Å². The standard InChI is InChI=1S/C18H22F2N2O/c19-18(20)9-11-22(16(23)14-6-7-14)13-17(18)8-10-21(12-17)15-4-2-1-3-5-15/h1-5,14H,6-13H2/t17-/m0/s1. The van der Waals surface area contributed by atoms with E-state index in [1.807, 2.05) is 35.2 Å². The molecule has 2 saturated heterocycles. The molecule has 23 heavy (non-hydrogen) atoms. The SMILES string of the molecule is O=C(C1CC1)N1CCC(F)(F)[C@]2(CCN(c3ccccc3)C2)C1. The molecule has 4 rings (SSSR count). The minimum atomic E-state index is -2.70. The number of nitrogens with zero attached hydrogens (tertiary/aromatic N) is 2. The van der Waals surface area contributed by atoms with E-state index in [9.17, 15) is 13.6 Å². The minimum Gasteiger partial charge on any atom is -0.371 e. The molecule has 0 radical (unpaired) electrons. The highest BCUT2D eigenvalue weighted by Crippen LogP contribution is 2.50. The molecule has 1 aliphatic carbocycles. The van der Waals surface area contributed by atoms with E-state index < -0.39 is 11.3 Å². The van der Waals surface area contributed by atoms with Crippen molar-refractivity contribution < 1.29 is 13.6 Å². The van der Waals surface area contributed by atoms with Crippen molar-refractivity contribution in [1.82, 2.24) is 4.90 Å². The van der Waals surface area contributed by atoms with E-state index in [4.69, 9.17) is 0 Å². The fourth-order valence-corrected chi connectivity index (χ4v) is 4.04. The number of carbonyl (C=O) groups is 1. The zero-order valence-electron chi connectivity index (χ0n) is 13.2. The summed E-state index contributed by atoms with van der Waals surface area (Å²) in [5.41, 5.74) is -0.100. The topological polar surface area (TPSA) is 23.6 Å². The maximum atomic E-state index is 14.7. The molecule has 3 fully saturated rings. The van der Waals surface area contributed by atoms with Gasteiger partial charge in [0, 0.05) is 44.2 Å². The fourth-order valence-electron chi connectivity index (χ4n) is 4.04. The average molecular weight is 320 g/mol. The number of anilines is 1. The molecule has 124 valence electrons. The molecule has 1 atom stereocenters. The number of rotatable bonds is 2. The Morgan fingerprint density at radius 3 is 2.48 bits per heavy atom. The predicted molar refractivity (Wildman–Crippen MR) is 84.6 cm³/mol. The Kier molecular flexibility index (Phi) is 3.36. The second-order valence-corrected chi connectivity index (χ2v) is 7.28. The summed E-state index contributed by atoms with van der Waals surface area (Å²) in [5, 5.41) is 0. The quantitative estimate of drug-likeness (QED) is 0.836. The number of likely N-dealkylation sites (tertiary alicyclic amines) is 1. The Bertz CT molecular complexity index is 602. The first-order valence-corrected chi connectivity index (χ1v) is 8.47. The van der Waals surface area contributed by atoms with Gasteiger partial charge in [-0.05, 0) is 31.4 Å². The van der Waals surface area contributed by atoms with Crippen LogP contribution in [0.2, 0.25) is 0 Å². The minimum absolute atomic E-state index is 0.0954. The molecule has 1 amide bonds. The number of para-hydroxylation sites is 1. The van der Waals surface area contributed by atoms with E-state index in [-0.39, 0.29) is 31.3 Å². The highest BCUT2D eigenvalue weighted by atomic mass is 19.3. The third-order valence-electron chi connectivity index (χ3n) is 5.68. The van der Waals surface area contributed by atoms with Crippen LogP contribution in [0.4, 0.5) is 14.5 Å². The van der Waals surface area contributed by atoms with Crippen molar-refractivity contribution in [3.05, 3.63) is 30.3 Å². The maximum Gasteiger partial charge on any atom is 0.258 e. The van der Waals surface area contributed by atoms with Crippen molar-refractivity contribution in [2.75, 3.05) is 31.1 Å². The molecule has 2 aliphatic heterocycles. The van der Waals surface area contributed by atoms with Crippen molar-refractivity contribution in [3.8, 4) is 0 Å². The number of halogens is 2. The van der Waals surface area contributed by atoms with Gasteiger partial charge in [-0.15, -0.1) is 0 Å². The molecule has 0 aromatic heterocycles. The van der Waals surface area contributed by atoms with E-state index >= 15 is 0 Å². The summed E-state index contributed by atoms with van der Waals surface area (Å²) in [5.74, 6) is -2.50. The van der Waals surface area contributed by atoms with Crippen LogP contribution in [-0.2, 0) is 4.79 Å². The van der Waals surface area contributed by atoms with E-state index in [1.165, 1.54) is 0 Å². The zero-order valence-corrected chi connectivity index (χ0v) is 13.2. The summed E-state index contributed by atoms with van der Waals surface area (Å²) in [6.45, 7) is 1.37. The van der Waals surface area contributed by atoms with E-state index in [2.05, 4.69) is 0 Å². The van der Waals surface area contributed by atoms with Crippen molar-refractivity contribution in [2.24, 2.45) is 11.3 Å². The molecule has 3 aliphatic rings. The van der Waals surface area contributed by atoms with E-state index in [0.29, 0.717) is 19.5 Å². The molecule has 2 heterocycles. The summed E-state index contributed by atoms with van der Waals surface area (Å²) in [7, 11) is 0. The first kappa shape index (κ1) is 14.9. The Hall–Kier alpha value is -1.65. The summed E-state index contributed by atoms with van der Waals surface area (Å²) in [6.07, 6.45) is 2.10. The van der Waals surface area contributed by atoms with Crippen LogP contribution in [0.15, 0.2) is 30.3 Å². The summed E-state index contributed by atoms with van der Waals surface area (Å²) < 4.78 is 29.5. The van der Waals surface area contributed by atoms with Crippen LogP contribution in [0.25, 0.3) is 0 Å². The van der Waals surface area contributed by atoms with Gasteiger partial charge in [0.15, 0.2) is 0 Å².